The average Bonchev–Trinajstić information content (AvgIpc) is 3.22. The van der Waals surface area contributed by atoms with E-state index in [4.69, 9.17) is 5.53 Å². The number of aromatic nitrogens is 2. The number of rotatable bonds is 8. The highest BCUT2D eigenvalue weighted by Gasteiger charge is 2.19. The van der Waals surface area contributed by atoms with Crippen LogP contribution < -0.4 is 4.72 Å². The molecule has 1 aromatic carbocycles. The monoisotopic (exact) mass is 389 g/mol. The van der Waals surface area contributed by atoms with E-state index in [0.717, 1.165) is 37.1 Å². The third-order valence-electron chi connectivity index (χ3n) is 4.83. The van der Waals surface area contributed by atoms with Gasteiger partial charge in [0.05, 0.1) is 11.1 Å². The number of azide groups is 1. The molecule has 0 aliphatic carbocycles. The highest BCUT2D eigenvalue weighted by Crippen LogP contribution is 2.20. The van der Waals surface area contributed by atoms with Gasteiger partial charge in [0.1, 0.15) is 0 Å². The van der Waals surface area contributed by atoms with E-state index in [0.29, 0.717) is 25.6 Å². The van der Waals surface area contributed by atoms with Gasteiger partial charge in [-0.15, -0.1) is 0 Å². The van der Waals surface area contributed by atoms with Crippen LogP contribution >= 0.6 is 0 Å². The number of likely N-dealkylation sites (tertiary alicyclic amines) is 1. The van der Waals surface area contributed by atoms with Crippen molar-refractivity contribution in [3.8, 4) is 11.1 Å². The molecule has 1 saturated heterocycles. The number of hydrogen-bond acceptors (Lipinski definition) is 5. The van der Waals surface area contributed by atoms with Gasteiger partial charge in [-0.2, -0.15) is 5.10 Å². The molecule has 0 bridgehead atoms. The number of piperidine rings is 1. The fraction of sp³-hybridized carbons (Fsp3) is 0.471. The van der Waals surface area contributed by atoms with Crippen molar-refractivity contribution in [2.75, 3.05) is 32.7 Å². The second-order valence-corrected chi connectivity index (χ2v) is 8.37. The molecule has 1 aromatic heterocycles. The summed E-state index contributed by atoms with van der Waals surface area (Å²) in [6.07, 6.45) is 5.40. The molecule has 0 unspecified atom stereocenters. The predicted octanol–water partition coefficient (Wildman–Crippen LogP) is 2.38. The number of nitrogens with one attached hydrogen (secondary N) is 2. The fourth-order valence-electron chi connectivity index (χ4n) is 3.20. The molecule has 1 aliphatic heterocycles. The van der Waals surface area contributed by atoms with Crippen LogP contribution in [0.1, 0.15) is 12.8 Å². The zero-order chi connectivity index (χ0) is 19.1. The van der Waals surface area contributed by atoms with Crippen LogP contribution in [0.2, 0.25) is 0 Å². The smallest absolute Gasteiger partial charge is 0.240 e. The van der Waals surface area contributed by atoms with Gasteiger partial charge in [0.2, 0.25) is 10.0 Å². The number of H-pyrrole nitrogens is 1. The summed E-state index contributed by atoms with van der Waals surface area (Å²) in [7, 11) is -3.52. The predicted molar refractivity (Wildman–Crippen MR) is 102 cm³/mol. The summed E-state index contributed by atoms with van der Waals surface area (Å²) < 4.78 is 27.6. The summed E-state index contributed by atoms with van der Waals surface area (Å²) in [5, 5.41) is 10.3. The highest BCUT2D eigenvalue weighted by molar-refractivity contribution is 7.89. The van der Waals surface area contributed by atoms with Crippen molar-refractivity contribution in [2.45, 2.75) is 17.7 Å². The summed E-state index contributed by atoms with van der Waals surface area (Å²) in [5.41, 5.74) is 10.2. The van der Waals surface area contributed by atoms with Crippen molar-refractivity contribution in [3.63, 3.8) is 0 Å². The fourth-order valence-corrected chi connectivity index (χ4v) is 4.22. The lowest BCUT2D eigenvalue weighted by Gasteiger charge is -2.31. The molecule has 0 spiro atoms. The van der Waals surface area contributed by atoms with Gasteiger partial charge in [-0.05, 0) is 55.1 Å². The number of nitrogens with zero attached hydrogens (tertiary/aromatic N) is 5. The molecular weight excluding hydrogens is 366 g/mol. The van der Waals surface area contributed by atoms with E-state index >= 15 is 0 Å². The van der Waals surface area contributed by atoms with E-state index in [1.165, 1.54) is 0 Å². The molecule has 0 radical (unpaired) electrons. The molecule has 9 nitrogen and oxygen atoms in total. The maximum atomic E-state index is 12.4. The normalized spacial score (nSPS) is 16.1. The third kappa shape index (κ3) is 5.30. The maximum Gasteiger partial charge on any atom is 0.240 e. The second-order valence-electron chi connectivity index (χ2n) is 6.61. The second kappa shape index (κ2) is 9.01. The molecule has 144 valence electrons. The molecule has 3 rings (SSSR count). The zero-order valence-corrected chi connectivity index (χ0v) is 15.8. The number of sulfonamides is 1. The van der Waals surface area contributed by atoms with Crippen LogP contribution in [0.25, 0.3) is 21.6 Å². The Morgan fingerprint density at radius 1 is 1.26 bits per heavy atom. The van der Waals surface area contributed by atoms with Gasteiger partial charge in [-0.3, -0.25) is 5.10 Å². The Morgan fingerprint density at radius 3 is 2.63 bits per heavy atom. The highest BCUT2D eigenvalue weighted by atomic mass is 32.2. The number of hydrogen-bond donors (Lipinski definition) is 2. The van der Waals surface area contributed by atoms with Gasteiger partial charge in [0.25, 0.3) is 0 Å². The first-order chi connectivity index (χ1) is 13.1. The maximum absolute atomic E-state index is 12.4. The van der Waals surface area contributed by atoms with Crippen LogP contribution in [0, 0.1) is 5.92 Å². The van der Waals surface area contributed by atoms with Crippen molar-refractivity contribution in [3.05, 3.63) is 47.1 Å². The van der Waals surface area contributed by atoms with Crippen molar-refractivity contribution < 1.29 is 8.42 Å². The molecule has 2 N–H and O–H groups in total. The van der Waals surface area contributed by atoms with Crippen molar-refractivity contribution >= 4 is 10.0 Å². The van der Waals surface area contributed by atoms with Crippen LogP contribution in [0.15, 0.2) is 46.7 Å². The van der Waals surface area contributed by atoms with Crippen molar-refractivity contribution in [2.24, 2.45) is 11.0 Å². The molecule has 0 saturated carbocycles. The van der Waals surface area contributed by atoms with Gasteiger partial charge < -0.3 is 4.90 Å². The lowest BCUT2D eigenvalue weighted by atomic mass is 9.97. The van der Waals surface area contributed by atoms with Crippen LogP contribution in [0.5, 0.6) is 0 Å². The topological polar surface area (TPSA) is 127 Å². The minimum Gasteiger partial charge on any atom is -0.302 e. The minimum atomic E-state index is -3.52. The molecule has 1 aliphatic rings. The van der Waals surface area contributed by atoms with Crippen LogP contribution in [-0.2, 0) is 10.0 Å². The molecule has 0 amide bonds. The van der Waals surface area contributed by atoms with Gasteiger partial charge in [0.15, 0.2) is 0 Å². The first-order valence-electron chi connectivity index (χ1n) is 8.90. The van der Waals surface area contributed by atoms with E-state index < -0.39 is 10.0 Å². The first-order valence-corrected chi connectivity index (χ1v) is 10.4. The molecule has 27 heavy (non-hydrogen) atoms. The summed E-state index contributed by atoms with van der Waals surface area (Å²) in [6.45, 7) is 3.37. The number of benzene rings is 1. The summed E-state index contributed by atoms with van der Waals surface area (Å²) >= 11 is 0. The largest absolute Gasteiger partial charge is 0.302 e. The van der Waals surface area contributed by atoms with Crippen molar-refractivity contribution in [1.82, 2.24) is 19.8 Å². The van der Waals surface area contributed by atoms with Crippen LogP contribution in [0.3, 0.4) is 0 Å². The molecular formula is C17H23N7O2S. The summed E-state index contributed by atoms with van der Waals surface area (Å²) in [5.74, 6) is 0.433. The van der Waals surface area contributed by atoms with Gasteiger partial charge in [0, 0.05) is 36.3 Å². The van der Waals surface area contributed by atoms with Crippen molar-refractivity contribution in [1.29, 1.82) is 0 Å². The quantitative estimate of drug-likeness (QED) is 0.408. The molecule has 2 aromatic rings. The Morgan fingerprint density at radius 2 is 2.00 bits per heavy atom. The Balaban J connectivity index is 1.47. The zero-order valence-electron chi connectivity index (χ0n) is 15.0. The van der Waals surface area contributed by atoms with E-state index in [9.17, 15) is 8.42 Å². The third-order valence-corrected chi connectivity index (χ3v) is 6.30. The number of aromatic amines is 1. The van der Waals surface area contributed by atoms with E-state index in [1.807, 2.05) is 0 Å². The van der Waals surface area contributed by atoms with Gasteiger partial charge in [-0.25, -0.2) is 13.1 Å². The van der Waals surface area contributed by atoms with E-state index in [-0.39, 0.29) is 4.90 Å². The Labute approximate surface area is 158 Å². The standard InChI is InChI=1S/C17H23N7O2S/c18-23-21-11-14-5-8-24(9-6-14)10-7-22-27(25,26)17-3-1-15(2-4-17)16-12-19-20-13-16/h1-4,12-14,22H,5-11H2,(H,19,20). The van der Waals surface area contributed by atoms with E-state index in [1.54, 1.807) is 36.7 Å². The average molecular weight is 389 g/mol. The molecule has 0 atom stereocenters. The SMILES string of the molecule is [N-]=[N+]=NCC1CCN(CCNS(=O)(=O)c2ccc(-c3cn[nH]c3)cc2)CC1. The van der Waals surface area contributed by atoms with Gasteiger partial charge >= 0.3 is 0 Å². The Kier molecular flexibility index (Phi) is 6.46. The molecule has 2 heterocycles. The Bertz CT molecular complexity index is 867. The summed E-state index contributed by atoms with van der Waals surface area (Å²) in [4.78, 5) is 5.29. The summed E-state index contributed by atoms with van der Waals surface area (Å²) in [6, 6.07) is 6.75. The molecule has 1 fully saturated rings. The van der Waals surface area contributed by atoms with Gasteiger partial charge in [-0.1, -0.05) is 17.2 Å². The van der Waals surface area contributed by atoms with Crippen LogP contribution in [0.4, 0.5) is 0 Å². The first kappa shape index (κ1) is 19.4. The van der Waals surface area contributed by atoms with Crippen LogP contribution in [-0.4, -0.2) is 56.2 Å². The van der Waals surface area contributed by atoms with E-state index in [2.05, 4.69) is 29.8 Å². The lowest BCUT2D eigenvalue weighted by molar-refractivity contribution is 0.190. The Hall–Kier alpha value is -2.39. The molecule has 10 heteroatoms. The minimum absolute atomic E-state index is 0.253. The lowest BCUT2D eigenvalue weighted by Crippen LogP contribution is -2.40.